The number of rotatable bonds is 5. The second kappa shape index (κ2) is 8.54. The van der Waals surface area contributed by atoms with Crippen molar-refractivity contribution in [2.75, 3.05) is 23.8 Å². The fraction of sp³-hybridized carbons (Fsp3) is 0.520. The van der Waals surface area contributed by atoms with Crippen LogP contribution in [0.5, 0.6) is 0 Å². The third-order valence-corrected chi connectivity index (χ3v) is 8.10. The van der Waals surface area contributed by atoms with Crippen LogP contribution in [-0.4, -0.2) is 46.8 Å². The average Bonchev–Trinajstić information content (AvgIpc) is 3.37. The summed E-state index contributed by atoms with van der Waals surface area (Å²) in [4.78, 5) is 39.1. The van der Waals surface area contributed by atoms with Gasteiger partial charge in [-0.25, -0.2) is 0 Å². The normalized spacial score (nSPS) is 25.7. The van der Waals surface area contributed by atoms with Crippen LogP contribution in [0.4, 0.5) is 11.4 Å². The highest BCUT2D eigenvalue weighted by atomic mass is 16.5. The van der Waals surface area contributed by atoms with E-state index in [1.165, 1.54) is 4.68 Å². The molecule has 2 fully saturated rings. The maximum absolute atomic E-state index is 13.4. The largest absolute Gasteiger partial charge is 0.381 e. The van der Waals surface area contributed by atoms with Crippen LogP contribution >= 0.6 is 0 Å². The van der Waals surface area contributed by atoms with Crippen LogP contribution in [0.15, 0.2) is 30.5 Å². The van der Waals surface area contributed by atoms with E-state index in [9.17, 15) is 14.4 Å². The van der Waals surface area contributed by atoms with E-state index in [2.05, 4.69) is 34.9 Å². The fourth-order valence-electron chi connectivity index (χ4n) is 5.65. The summed E-state index contributed by atoms with van der Waals surface area (Å²) in [5.41, 5.74) is 2.13. The molecule has 1 saturated carbocycles. The summed E-state index contributed by atoms with van der Waals surface area (Å²) in [6.45, 7) is 5.39. The summed E-state index contributed by atoms with van der Waals surface area (Å²) in [7, 11) is 1.70. The lowest BCUT2D eigenvalue weighted by molar-refractivity contribution is -0.124. The van der Waals surface area contributed by atoms with Crippen LogP contribution in [0, 0.1) is 17.8 Å². The smallest absolute Gasteiger partial charge is 0.270 e. The minimum absolute atomic E-state index is 0.00660. The molecule has 3 heterocycles. The Morgan fingerprint density at radius 1 is 1.24 bits per heavy atom. The van der Waals surface area contributed by atoms with Crippen molar-refractivity contribution in [3.63, 3.8) is 0 Å². The Bertz CT molecular complexity index is 1140. The number of amides is 3. The first-order chi connectivity index (χ1) is 16.3. The molecule has 1 aromatic heterocycles. The van der Waals surface area contributed by atoms with Gasteiger partial charge in [0.1, 0.15) is 11.7 Å². The molecular weight excluding hydrogens is 434 g/mol. The number of aromatic nitrogens is 2. The highest BCUT2D eigenvalue weighted by Gasteiger charge is 2.48. The van der Waals surface area contributed by atoms with Crippen molar-refractivity contribution in [1.82, 2.24) is 15.1 Å². The van der Waals surface area contributed by atoms with Gasteiger partial charge in [0.05, 0.1) is 5.41 Å². The second-order valence-electron chi connectivity index (χ2n) is 9.93. The predicted molar refractivity (Wildman–Crippen MR) is 126 cm³/mol. The summed E-state index contributed by atoms with van der Waals surface area (Å²) in [6.07, 6.45) is 3.73. The van der Waals surface area contributed by atoms with Gasteiger partial charge >= 0.3 is 0 Å². The van der Waals surface area contributed by atoms with Gasteiger partial charge in [-0.2, -0.15) is 5.10 Å². The van der Waals surface area contributed by atoms with Crippen molar-refractivity contribution in [2.24, 2.45) is 24.8 Å². The van der Waals surface area contributed by atoms with Crippen LogP contribution < -0.4 is 16.0 Å². The van der Waals surface area contributed by atoms with Crippen molar-refractivity contribution < 1.29 is 19.1 Å². The summed E-state index contributed by atoms with van der Waals surface area (Å²) < 4.78 is 6.96. The Labute approximate surface area is 198 Å². The Kier molecular flexibility index (Phi) is 5.67. The maximum Gasteiger partial charge on any atom is 0.270 e. The van der Waals surface area contributed by atoms with Crippen molar-refractivity contribution in [3.05, 3.63) is 41.7 Å². The van der Waals surface area contributed by atoms with Gasteiger partial charge in [-0.05, 0) is 60.8 Å². The average molecular weight is 466 g/mol. The molecule has 2 aromatic rings. The number of fused-ring (bicyclic) bond motifs is 2. The minimum atomic E-state index is -0.668. The van der Waals surface area contributed by atoms with Crippen molar-refractivity contribution in [1.29, 1.82) is 0 Å². The lowest BCUT2D eigenvalue weighted by atomic mass is 9.63. The van der Waals surface area contributed by atoms with E-state index in [0.717, 1.165) is 17.7 Å². The van der Waals surface area contributed by atoms with E-state index in [-0.39, 0.29) is 23.6 Å². The zero-order chi connectivity index (χ0) is 24.0. The molecule has 0 bridgehead atoms. The third-order valence-electron chi connectivity index (χ3n) is 8.10. The van der Waals surface area contributed by atoms with Gasteiger partial charge < -0.3 is 20.7 Å². The zero-order valence-corrected chi connectivity index (χ0v) is 19.8. The number of carbonyl (C=O) groups excluding carboxylic acids is 3. The highest BCUT2D eigenvalue weighted by molar-refractivity contribution is 6.07. The Morgan fingerprint density at radius 3 is 2.65 bits per heavy atom. The molecule has 9 nitrogen and oxygen atoms in total. The molecule has 3 amide bonds. The summed E-state index contributed by atoms with van der Waals surface area (Å²) in [5, 5.41) is 13.0. The van der Waals surface area contributed by atoms with Crippen molar-refractivity contribution >= 4 is 29.1 Å². The van der Waals surface area contributed by atoms with Gasteiger partial charge in [0.15, 0.2) is 0 Å². The molecule has 3 unspecified atom stereocenters. The number of hydrogen-bond donors (Lipinski definition) is 3. The van der Waals surface area contributed by atoms with Gasteiger partial charge in [0, 0.05) is 37.8 Å². The number of hydrogen-bond acceptors (Lipinski definition) is 5. The number of anilines is 2. The van der Waals surface area contributed by atoms with Crippen LogP contribution in [0.3, 0.4) is 0 Å². The van der Waals surface area contributed by atoms with Crippen LogP contribution in [0.2, 0.25) is 0 Å². The zero-order valence-electron chi connectivity index (χ0n) is 19.8. The van der Waals surface area contributed by atoms with Crippen LogP contribution in [0.25, 0.3) is 0 Å². The molecule has 1 spiro atoms. The molecule has 9 heteroatoms. The maximum atomic E-state index is 13.4. The first-order valence-corrected chi connectivity index (χ1v) is 11.9. The molecule has 1 aliphatic carbocycles. The SMILES string of the molecule is CC1C[C@@H](C(NC(=O)c2ccnn2C)C(=O)Nc2ccc3c(c2)NC(=O)C32CCOCC2)C1C. The standard InChI is InChI=1S/C25H31N5O4/c1-14-12-17(15(14)2)21(29-22(31)20-6-9-26-30(20)3)23(32)27-16-4-5-18-19(13-16)28-24(33)25(18)7-10-34-11-8-25/h4-6,9,13-15,17,21H,7-8,10-12H2,1-3H3,(H,27,32)(H,28,33)(H,29,31)/t14?,15?,17-,21?/m1/s1. The van der Waals surface area contributed by atoms with Gasteiger partial charge in [-0.15, -0.1) is 0 Å². The lowest BCUT2D eigenvalue weighted by Crippen LogP contribution is -2.55. The van der Waals surface area contributed by atoms with E-state index in [1.54, 1.807) is 19.3 Å². The topological polar surface area (TPSA) is 114 Å². The lowest BCUT2D eigenvalue weighted by Gasteiger charge is -2.44. The number of ether oxygens (including phenoxy) is 1. The number of benzene rings is 1. The minimum Gasteiger partial charge on any atom is -0.381 e. The number of carbonyl (C=O) groups is 3. The fourth-order valence-corrected chi connectivity index (χ4v) is 5.65. The van der Waals surface area contributed by atoms with Gasteiger partial charge in [-0.3, -0.25) is 19.1 Å². The van der Waals surface area contributed by atoms with E-state index in [1.807, 2.05) is 18.2 Å². The van der Waals surface area contributed by atoms with Gasteiger partial charge in [0.2, 0.25) is 11.8 Å². The number of nitrogens with zero attached hydrogens (tertiary/aromatic N) is 2. The molecule has 34 heavy (non-hydrogen) atoms. The molecular formula is C25H31N5O4. The van der Waals surface area contributed by atoms with Crippen LogP contribution in [-0.2, 0) is 26.8 Å². The van der Waals surface area contributed by atoms with Crippen molar-refractivity contribution in [2.45, 2.75) is 44.6 Å². The molecule has 5 rings (SSSR count). The number of nitrogens with one attached hydrogen (secondary N) is 3. The first kappa shape index (κ1) is 22.6. The highest BCUT2D eigenvalue weighted by Crippen LogP contribution is 2.46. The molecule has 0 radical (unpaired) electrons. The van der Waals surface area contributed by atoms with Gasteiger partial charge in [-0.1, -0.05) is 19.9 Å². The second-order valence-corrected chi connectivity index (χ2v) is 9.93. The third kappa shape index (κ3) is 3.68. The van der Waals surface area contributed by atoms with Crippen molar-refractivity contribution in [3.8, 4) is 0 Å². The molecule has 4 atom stereocenters. The Morgan fingerprint density at radius 2 is 2.00 bits per heavy atom. The Hall–Kier alpha value is -3.20. The molecule has 1 saturated heterocycles. The van der Waals surface area contributed by atoms with Crippen LogP contribution in [0.1, 0.15) is 49.2 Å². The molecule has 1 aromatic carbocycles. The summed E-state index contributed by atoms with van der Waals surface area (Å²) >= 11 is 0. The molecule has 2 aliphatic heterocycles. The van der Waals surface area contributed by atoms with E-state index in [0.29, 0.717) is 49.3 Å². The molecule has 3 aliphatic rings. The van der Waals surface area contributed by atoms with Gasteiger partial charge in [0.25, 0.3) is 5.91 Å². The van der Waals surface area contributed by atoms with E-state index >= 15 is 0 Å². The molecule has 180 valence electrons. The summed E-state index contributed by atoms with van der Waals surface area (Å²) in [6, 6.07) is 6.53. The summed E-state index contributed by atoms with van der Waals surface area (Å²) in [5.74, 6) is 0.272. The predicted octanol–water partition coefficient (Wildman–Crippen LogP) is 2.45. The van der Waals surface area contributed by atoms with E-state index in [4.69, 9.17) is 4.74 Å². The van der Waals surface area contributed by atoms with E-state index < -0.39 is 11.5 Å². The molecule has 3 N–H and O–H groups in total. The first-order valence-electron chi connectivity index (χ1n) is 11.9. The monoisotopic (exact) mass is 465 g/mol. The number of aryl methyl sites for hydroxylation is 1. The Balaban J connectivity index is 1.35. The quantitative estimate of drug-likeness (QED) is 0.628.